The molecule has 0 aliphatic carbocycles. The summed E-state index contributed by atoms with van der Waals surface area (Å²) in [5, 5.41) is 9.80. The largest absolute Gasteiger partial charge is 0.505 e. The average molecular weight is 240 g/mol. The SMILES string of the molecule is Nc1c(F)ccc([C@H](N)C2CCOCC2)c1O. The van der Waals surface area contributed by atoms with E-state index in [4.69, 9.17) is 16.2 Å². The summed E-state index contributed by atoms with van der Waals surface area (Å²) in [4.78, 5) is 0. The third-order valence-electron chi connectivity index (χ3n) is 3.33. The first kappa shape index (κ1) is 12.1. The fourth-order valence-electron chi connectivity index (χ4n) is 2.20. The van der Waals surface area contributed by atoms with Crippen LogP contribution in [0.25, 0.3) is 0 Å². The molecule has 5 N–H and O–H groups in total. The van der Waals surface area contributed by atoms with Gasteiger partial charge in [-0.25, -0.2) is 4.39 Å². The van der Waals surface area contributed by atoms with Crippen molar-refractivity contribution in [3.63, 3.8) is 0 Å². The Kier molecular flexibility index (Phi) is 3.49. The number of nitrogen functional groups attached to an aromatic ring is 1. The van der Waals surface area contributed by atoms with Crippen molar-refractivity contribution in [3.8, 4) is 5.75 Å². The summed E-state index contributed by atoms with van der Waals surface area (Å²) in [7, 11) is 0. The van der Waals surface area contributed by atoms with E-state index in [0.717, 1.165) is 12.8 Å². The van der Waals surface area contributed by atoms with Crippen molar-refractivity contribution in [2.24, 2.45) is 11.7 Å². The number of ether oxygens (including phenoxy) is 1. The van der Waals surface area contributed by atoms with Crippen LogP contribution in [0.3, 0.4) is 0 Å². The number of hydrogen-bond donors (Lipinski definition) is 3. The number of anilines is 1. The normalized spacial score (nSPS) is 19.2. The number of hydrogen-bond acceptors (Lipinski definition) is 4. The molecule has 1 aromatic rings. The molecule has 4 nitrogen and oxygen atoms in total. The Labute approximate surface area is 99.4 Å². The molecule has 0 unspecified atom stereocenters. The summed E-state index contributed by atoms with van der Waals surface area (Å²) < 4.78 is 18.4. The van der Waals surface area contributed by atoms with Crippen LogP contribution in [0.4, 0.5) is 10.1 Å². The number of benzene rings is 1. The molecule has 94 valence electrons. The van der Waals surface area contributed by atoms with Crippen molar-refractivity contribution in [1.29, 1.82) is 0 Å². The number of aromatic hydroxyl groups is 1. The van der Waals surface area contributed by atoms with Crippen molar-refractivity contribution in [2.45, 2.75) is 18.9 Å². The highest BCUT2D eigenvalue weighted by molar-refractivity contribution is 5.57. The summed E-state index contributed by atoms with van der Waals surface area (Å²) in [5.74, 6) is -0.617. The van der Waals surface area contributed by atoms with Crippen molar-refractivity contribution in [2.75, 3.05) is 18.9 Å². The Morgan fingerprint density at radius 1 is 1.35 bits per heavy atom. The van der Waals surface area contributed by atoms with Crippen LogP contribution in [0.5, 0.6) is 5.75 Å². The van der Waals surface area contributed by atoms with Crippen molar-refractivity contribution in [3.05, 3.63) is 23.5 Å². The molecule has 1 fully saturated rings. The molecule has 0 saturated carbocycles. The van der Waals surface area contributed by atoms with Gasteiger partial charge in [0.1, 0.15) is 17.3 Å². The fourth-order valence-corrected chi connectivity index (χ4v) is 2.20. The molecular weight excluding hydrogens is 223 g/mol. The lowest BCUT2D eigenvalue weighted by Gasteiger charge is -2.28. The first-order valence-electron chi connectivity index (χ1n) is 5.71. The summed E-state index contributed by atoms with van der Waals surface area (Å²) in [6.45, 7) is 1.35. The van der Waals surface area contributed by atoms with Gasteiger partial charge in [0.25, 0.3) is 0 Å². The van der Waals surface area contributed by atoms with E-state index in [-0.39, 0.29) is 23.4 Å². The Morgan fingerprint density at radius 2 is 2.00 bits per heavy atom. The van der Waals surface area contributed by atoms with E-state index in [9.17, 15) is 9.50 Å². The molecule has 0 aromatic heterocycles. The highest BCUT2D eigenvalue weighted by Gasteiger charge is 2.25. The molecule has 1 aromatic carbocycles. The highest BCUT2D eigenvalue weighted by atomic mass is 19.1. The molecule has 1 aliphatic rings. The Hall–Kier alpha value is -1.33. The number of rotatable bonds is 2. The minimum absolute atomic E-state index is 0.231. The molecule has 0 radical (unpaired) electrons. The van der Waals surface area contributed by atoms with Gasteiger partial charge in [0, 0.05) is 24.8 Å². The van der Waals surface area contributed by atoms with Crippen LogP contribution in [0, 0.1) is 11.7 Å². The predicted octanol–water partition coefficient (Wildman–Crippen LogP) is 1.54. The quantitative estimate of drug-likeness (QED) is 0.541. The molecule has 2 rings (SSSR count). The summed E-state index contributed by atoms with van der Waals surface area (Å²) in [5.41, 5.74) is 11.8. The van der Waals surface area contributed by atoms with Crippen molar-refractivity contribution >= 4 is 5.69 Å². The van der Waals surface area contributed by atoms with Crippen LogP contribution >= 0.6 is 0 Å². The van der Waals surface area contributed by atoms with Gasteiger partial charge in [-0.05, 0) is 24.8 Å². The molecule has 1 atom stereocenters. The van der Waals surface area contributed by atoms with E-state index < -0.39 is 5.82 Å². The zero-order valence-corrected chi connectivity index (χ0v) is 9.53. The second kappa shape index (κ2) is 4.89. The first-order chi connectivity index (χ1) is 8.11. The molecule has 1 saturated heterocycles. The highest BCUT2D eigenvalue weighted by Crippen LogP contribution is 2.36. The molecule has 1 aliphatic heterocycles. The van der Waals surface area contributed by atoms with E-state index in [1.54, 1.807) is 0 Å². The van der Waals surface area contributed by atoms with Crippen LogP contribution in [0.15, 0.2) is 12.1 Å². The fraction of sp³-hybridized carbons (Fsp3) is 0.500. The third-order valence-corrected chi connectivity index (χ3v) is 3.33. The summed E-state index contributed by atoms with van der Waals surface area (Å²) in [6, 6.07) is 2.41. The zero-order chi connectivity index (χ0) is 12.4. The van der Waals surface area contributed by atoms with Crippen LogP contribution in [0.1, 0.15) is 24.4 Å². The van der Waals surface area contributed by atoms with Gasteiger partial charge in [-0.1, -0.05) is 6.07 Å². The van der Waals surface area contributed by atoms with Gasteiger partial charge in [-0.15, -0.1) is 0 Å². The van der Waals surface area contributed by atoms with Gasteiger partial charge in [0.2, 0.25) is 0 Å². The third kappa shape index (κ3) is 2.35. The Bertz CT molecular complexity index is 406. The molecular formula is C12H17FN2O2. The van der Waals surface area contributed by atoms with E-state index in [2.05, 4.69) is 0 Å². The van der Waals surface area contributed by atoms with E-state index in [1.807, 2.05) is 0 Å². The summed E-state index contributed by atoms with van der Waals surface area (Å²) in [6.07, 6.45) is 1.69. The van der Waals surface area contributed by atoms with E-state index in [1.165, 1.54) is 12.1 Å². The molecule has 0 bridgehead atoms. The first-order valence-corrected chi connectivity index (χ1v) is 5.71. The maximum absolute atomic E-state index is 13.1. The zero-order valence-electron chi connectivity index (χ0n) is 9.53. The minimum Gasteiger partial charge on any atom is -0.505 e. The molecule has 0 spiro atoms. The smallest absolute Gasteiger partial charge is 0.149 e. The Morgan fingerprint density at radius 3 is 2.65 bits per heavy atom. The van der Waals surface area contributed by atoms with Crippen LogP contribution in [-0.4, -0.2) is 18.3 Å². The molecule has 5 heteroatoms. The van der Waals surface area contributed by atoms with Gasteiger partial charge in [0.05, 0.1) is 0 Å². The van der Waals surface area contributed by atoms with Gasteiger partial charge < -0.3 is 21.3 Å². The Balaban J connectivity index is 2.24. The van der Waals surface area contributed by atoms with Crippen molar-refractivity contribution < 1.29 is 14.2 Å². The van der Waals surface area contributed by atoms with Gasteiger partial charge >= 0.3 is 0 Å². The lowest BCUT2D eigenvalue weighted by atomic mass is 9.87. The standard InChI is InChI=1S/C12H17FN2O2/c13-9-2-1-8(12(16)11(9)15)10(14)7-3-5-17-6-4-7/h1-2,7,10,16H,3-6,14-15H2/t10-/m1/s1. The van der Waals surface area contributed by atoms with E-state index in [0.29, 0.717) is 18.8 Å². The maximum atomic E-state index is 13.1. The summed E-state index contributed by atoms with van der Waals surface area (Å²) >= 11 is 0. The van der Waals surface area contributed by atoms with E-state index >= 15 is 0 Å². The number of halogens is 1. The molecule has 0 amide bonds. The second-order valence-corrected chi connectivity index (χ2v) is 4.37. The minimum atomic E-state index is -0.620. The van der Waals surface area contributed by atoms with Crippen LogP contribution in [0.2, 0.25) is 0 Å². The topological polar surface area (TPSA) is 81.5 Å². The van der Waals surface area contributed by atoms with Gasteiger partial charge in [-0.3, -0.25) is 0 Å². The average Bonchev–Trinajstić information content (AvgIpc) is 2.36. The van der Waals surface area contributed by atoms with Crippen LogP contribution in [-0.2, 0) is 4.74 Å². The van der Waals surface area contributed by atoms with Crippen LogP contribution < -0.4 is 11.5 Å². The molecule has 1 heterocycles. The number of nitrogens with two attached hydrogens (primary N) is 2. The van der Waals surface area contributed by atoms with Gasteiger partial charge in [-0.2, -0.15) is 0 Å². The maximum Gasteiger partial charge on any atom is 0.149 e. The van der Waals surface area contributed by atoms with Crippen molar-refractivity contribution in [1.82, 2.24) is 0 Å². The lowest BCUT2D eigenvalue weighted by molar-refractivity contribution is 0.0581. The monoisotopic (exact) mass is 240 g/mol. The number of phenolic OH excluding ortho intramolecular Hbond substituents is 1. The molecule has 17 heavy (non-hydrogen) atoms. The number of phenols is 1. The predicted molar refractivity (Wildman–Crippen MR) is 62.9 cm³/mol. The lowest BCUT2D eigenvalue weighted by Crippen LogP contribution is -2.27. The second-order valence-electron chi connectivity index (χ2n) is 4.37. The van der Waals surface area contributed by atoms with Gasteiger partial charge in [0.15, 0.2) is 0 Å².